The van der Waals surface area contributed by atoms with E-state index in [0.717, 1.165) is 0 Å². The van der Waals surface area contributed by atoms with Crippen molar-refractivity contribution in [3.8, 4) is 0 Å². The molecule has 2 rings (SSSR count). The lowest BCUT2D eigenvalue weighted by molar-refractivity contribution is 0.0641. The smallest absolute Gasteiger partial charge is 0.320 e. The molecule has 126 valence electrons. The number of hydrogen-bond acceptors (Lipinski definition) is 2. The summed E-state index contributed by atoms with van der Waals surface area (Å²) >= 11 is 11.8. The number of piperazine rings is 1. The van der Waals surface area contributed by atoms with Gasteiger partial charge in [0.1, 0.15) is 0 Å². The van der Waals surface area contributed by atoms with Gasteiger partial charge in [0.15, 0.2) is 0 Å². The molecule has 0 atom stereocenters. The Morgan fingerprint density at radius 1 is 1.00 bits per heavy atom. The van der Waals surface area contributed by atoms with E-state index in [1.54, 1.807) is 32.9 Å². The summed E-state index contributed by atoms with van der Waals surface area (Å²) in [6.45, 7) is 7.44. The van der Waals surface area contributed by atoms with E-state index in [2.05, 4.69) is 0 Å². The molecule has 1 aromatic rings. The van der Waals surface area contributed by atoms with Crippen LogP contribution in [0.4, 0.5) is 4.79 Å². The van der Waals surface area contributed by atoms with Crippen LogP contribution in [0.15, 0.2) is 18.2 Å². The quantitative estimate of drug-likeness (QED) is 0.833. The highest BCUT2D eigenvalue weighted by molar-refractivity contribution is 6.42. The summed E-state index contributed by atoms with van der Waals surface area (Å²) in [5, 5.41) is 0.797. The van der Waals surface area contributed by atoms with Crippen LogP contribution in [0.1, 0.15) is 24.2 Å². The lowest BCUT2D eigenvalue weighted by atomic mass is 10.2. The lowest BCUT2D eigenvalue weighted by Gasteiger charge is -2.37. The number of amides is 3. The Hall–Kier alpha value is -1.46. The zero-order valence-electron chi connectivity index (χ0n) is 13.4. The maximum atomic E-state index is 12.5. The predicted octanol–water partition coefficient (Wildman–Crippen LogP) is 3.21. The monoisotopic (exact) mass is 357 g/mol. The van der Waals surface area contributed by atoms with Gasteiger partial charge in [-0.25, -0.2) is 4.79 Å². The number of urea groups is 1. The van der Waals surface area contributed by atoms with Crippen LogP contribution in [-0.4, -0.2) is 65.9 Å². The van der Waals surface area contributed by atoms with Crippen LogP contribution in [0.3, 0.4) is 0 Å². The molecule has 3 amide bonds. The van der Waals surface area contributed by atoms with Gasteiger partial charge in [0.05, 0.1) is 10.0 Å². The first-order valence-electron chi connectivity index (χ1n) is 7.76. The number of benzene rings is 1. The SMILES string of the molecule is CCN(CC)C(=O)N1CCN(C(=O)c2ccc(Cl)c(Cl)c2)CC1. The molecule has 0 saturated carbocycles. The molecule has 5 nitrogen and oxygen atoms in total. The van der Waals surface area contributed by atoms with Gasteiger partial charge >= 0.3 is 6.03 Å². The summed E-state index contributed by atoms with van der Waals surface area (Å²) in [6, 6.07) is 4.91. The summed E-state index contributed by atoms with van der Waals surface area (Å²) in [5.41, 5.74) is 0.517. The molecular formula is C16H21Cl2N3O2. The van der Waals surface area contributed by atoms with E-state index < -0.39 is 0 Å². The minimum absolute atomic E-state index is 0.0386. The normalized spacial score (nSPS) is 14.8. The molecule has 0 unspecified atom stereocenters. The Kier molecular flexibility index (Phi) is 6.13. The Morgan fingerprint density at radius 3 is 2.09 bits per heavy atom. The molecule has 0 N–H and O–H groups in total. The first-order chi connectivity index (χ1) is 11.0. The van der Waals surface area contributed by atoms with Crippen molar-refractivity contribution in [2.24, 2.45) is 0 Å². The fraction of sp³-hybridized carbons (Fsp3) is 0.500. The third-order valence-corrected chi connectivity index (χ3v) is 4.78. The first-order valence-corrected chi connectivity index (χ1v) is 8.51. The van der Waals surface area contributed by atoms with Gasteiger partial charge in [0.25, 0.3) is 5.91 Å². The summed E-state index contributed by atoms with van der Waals surface area (Å²) in [4.78, 5) is 30.1. The van der Waals surface area contributed by atoms with Gasteiger partial charge < -0.3 is 14.7 Å². The topological polar surface area (TPSA) is 43.9 Å². The third kappa shape index (κ3) is 4.09. The maximum Gasteiger partial charge on any atom is 0.320 e. The minimum atomic E-state index is -0.0847. The van der Waals surface area contributed by atoms with Crippen LogP contribution in [0.25, 0.3) is 0 Å². The van der Waals surface area contributed by atoms with E-state index in [1.807, 2.05) is 13.8 Å². The van der Waals surface area contributed by atoms with Gasteiger partial charge in [0, 0.05) is 44.8 Å². The molecule has 1 saturated heterocycles. The van der Waals surface area contributed by atoms with Crippen LogP contribution in [-0.2, 0) is 0 Å². The second-order valence-electron chi connectivity index (χ2n) is 5.36. The maximum absolute atomic E-state index is 12.5. The highest BCUT2D eigenvalue weighted by Gasteiger charge is 2.26. The zero-order valence-corrected chi connectivity index (χ0v) is 14.9. The van der Waals surface area contributed by atoms with E-state index in [4.69, 9.17) is 23.2 Å². The lowest BCUT2D eigenvalue weighted by Crippen LogP contribution is -2.54. The van der Waals surface area contributed by atoms with Crippen molar-refractivity contribution in [3.63, 3.8) is 0 Å². The zero-order chi connectivity index (χ0) is 17.0. The molecule has 7 heteroatoms. The molecule has 1 aliphatic rings. The number of hydrogen-bond donors (Lipinski definition) is 0. The molecule has 0 bridgehead atoms. The molecule has 0 aliphatic carbocycles. The summed E-state index contributed by atoms with van der Waals surface area (Å²) in [5.74, 6) is -0.0847. The largest absolute Gasteiger partial charge is 0.335 e. The number of carbonyl (C=O) groups is 2. The molecule has 1 aromatic carbocycles. The van der Waals surface area contributed by atoms with Crippen molar-refractivity contribution < 1.29 is 9.59 Å². The second kappa shape index (κ2) is 7.88. The fourth-order valence-corrected chi connectivity index (χ4v) is 2.90. The Balaban J connectivity index is 1.97. The van der Waals surface area contributed by atoms with Gasteiger partial charge in [-0.05, 0) is 32.0 Å². The van der Waals surface area contributed by atoms with Crippen molar-refractivity contribution >= 4 is 35.1 Å². The van der Waals surface area contributed by atoms with Crippen LogP contribution in [0.5, 0.6) is 0 Å². The molecule has 0 radical (unpaired) electrons. The van der Waals surface area contributed by atoms with E-state index in [9.17, 15) is 9.59 Å². The van der Waals surface area contributed by atoms with Gasteiger partial charge in [-0.15, -0.1) is 0 Å². The Bertz CT molecular complexity index is 583. The number of nitrogens with zero attached hydrogens (tertiary/aromatic N) is 3. The van der Waals surface area contributed by atoms with Crippen molar-refractivity contribution in [1.82, 2.24) is 14.7 Å². The summed E-state index contributed by atoms with van der Waals surface area (Å²) in [6.07, 6.45) is 0. The van der Waals surface area contributed by atoms with E-state index in [-0.39, 0.29) is 11.9 Å². The summed E-state index contributed by atoms with van der Waals surface area (Å²) in [7, 11) is 0. The van der Waals surface area contributed by atoms with Crippen molar-refractivity contribution in [3.05, 3.63) is 33.8 Å². The Labute approximate surface area is 146 Å². The fourth-order valence-electron chi connectivity index (χ4n) is 2.61. The van der Waals surface area contributed by atoms with Gasteiger partial charge in [-0.1, -0.05) is 23.2 Å². The number of rotatable bonds is 3. The molecule has 0 aromatic heterocycles. The van der Waals surface area contributed by atoms with Crippen molar-refractivity contribution in [1.29, 1.82) is 0 Å². The second-order valence-corrected chi connectivity index (χ2v) is 6.18. The number of halogens is 2. The van der Waals surface area contributed by atoms with E-state index in [1.165, 1.54) is 0 Å². The molecule has 1 fully saturated rings. The third-order valence-electron chi connectivity index (χ3n) is 4.04. The summed E-state index contributed by atoms with van der Waals surface area (Å²) < 4.78 is 0. The van der Waals surface area contributed by atoms with Crippen molar-refractivity contribution in [2.45, 2.75) is 13.8 Å². The van der Waals surface area contributed by atoms with Gasteiger partial charge in [-0.2, -0.15) is 0 Å². The van der Waals surface area contributed by atoms with Crippen molar-refractivity contribution in [2.75, 3.05) is 39.3 Å². The molecule has 1 aliphatic heterocycles. The number of carbonyl (C=O) groups excluding carboxylic acids is 2. The average molecular weight is 358 g/mol. The highest BCUT2D eigenvalue weighted by Crippen LogP contribution is 2.23. The van der Waals surface area contributed by atoms with E-state index in [0.29, 0.717) is 54.9 Å². The standard InChI is InChI=1S/C16H21Cl2N3O2/c1-3-19(4-2)16(23)21-9-7-20(8-10-21)15(22)12-5-6-13(17)14(18)11-12/h5-6,11H,3-4,7-10H2,1-2H3. The van der Waals surface area contributed by atoms with Crippen LogP contribution in [0.2, 0.25) is 10.0 Å². The highest BCUT2D eigenvalue weighted by atomic mass is 35.5. The first kappa shape index (κ1) is 17.9. The predicted molar refractivity (Wildman–Crippen MR) is 92.3 cm³/mol. The molecular weight excluding hydrogens is 337 g/mol. The molecule has 23 heavy (non-hydrogen) atoms. The van der Waals surface area contributed by atoms with Gasteiger partial charge in [-0.3, -0.25) is 4.79 Å². The van der Waals surface area contributed by atoms with Crippen LogP contribution < -0.4 is 0 Å². The minimum Gasteiger partial charge on any atom is -0.335 e. The van der Waals surface area contributed by atoms with Crippen LogP contribution >= 0.6 is 23.2 Å². The van der Waals surface area contributed by atoms with Crippen LogP contribution in [0, 0.1) is 0 Å². The average Bonchev–Trinajstić information content (AvgIpc) is 2.58. The Morgan fingerprint density at radius 2 is 1.57 bits per heavy atom. The van der Waals surface area contributed by atoms with E-state index >= 15 is 0 Å². The molecule has 1 heterocycles. The molecule has 0 spiro atoms. The van der Waals surface area contributed by atoms with Gasteiger partial charge in [0.2, 0.25) is 0 Å².